The van der Waals surface area contributed by atoms with Gasteiger partial charge < -0.3 is 9.14 Å². The standard InChI is InChI=1S/C19H13N3OS/c1-2-4-13(5-3-1)16-6-8-20-17-11-18(23-19(16)17)14-7-9-22-15(10-14)12-21-24-22/h1-12,21H. The molecule has 3 aromatic rings. The van der Waals surface area contributed by atoms with E-state index in [0.717, 1.165) is 39.3 Å². The number of rotatable bonds is 2. The first-order valence-corrected chi connectivity index (χ1v) is 8.42. The van der Waals surface area contributed by atoms with E-state index in [4.69, 9.17) is 4.42 Å². The highest BCUT2D eigenvalue weighted by atomic mass is 32.2. The number of hydrogen-bond donors (Lipinski definition) is 1. The fourth-order valence-electron chi connectivity index (χ4n) is 2.92. The third kappa shape index (κ3) is 2.13. The summed E-state index contributed by atoms with van der Waals surface area (Å²) >= 11 is 1.54. The van der Waals surface area contributed by atoms with Crippen LogP contribution in [0, 0.1) is 0 Å². The van der Waals surface area contributed by atoms with E-state index in [2.05, 4.69) is 38.3 Å². The Morgan fingerprint density at radius 2 is 2.04 bits per heavy atom. The van der Waals surface area contributed by atoms with Gasteiger partial charge in [0.15, 0.2) is 5.58 Å². The summed E-state index contributed by atoms with van der Waals surface area (Å²) in [4.78, 5) is 4.46. The Morgan fingerprint density at radius 1 is 1.12 bits per heavy atom. The Balaban J connectivity index is 1.64. The van der Waals surface area contributed by atoms with Gasteiger partial charge in [0.05, 0.1) is 17.8 Å². The normalized spacial score (nSPS) is 15.9. The summed E-state index contributed by atoms with van der Waals surface area (Å²) < 4.78 is 11.4. The number of benzene rings is 1. The van der Waals surface area contributed by atoms with Gasteiger partial charge in [0.25, 0.3) is 0 Å². The molecule has 4 nitrogen and oxygen atoms in total. The maximum Gasteiger partial charge on any atom is 0.161 e. The molecule has 0 atom stereocenters. The van der Waals surface area contributed by atoms with Crippen molar-refractivity contribution < 1.29 is 4.42 Å². The monoisotopic (exact) mass is 331 g/mol. The van der Waals surface area contributed by atoms with Crippen LogP contribution in [0.15, 0.2) is 83.3 Å². The second kappa shape index (κ2) is 5.32. The molecule has 1 N–H and O–H groups in total. The van der Waals surface area contributed by atoms with Crippen LogP contribution >= 0.6 is 12.1 Å². The van der Waals surface area contributed by atoms with Crippen LogP contribution in [0.1, 0.15) is 5.76 Å². The number of allylic oxidation sites excluding steroid dienone is 3. The van der Waals surface area contributed by atoms with E-state index in [0.29, 0.717) is 0 Å². The van der Waals surface area contributed by atoms with Crippen LogP contribution in [-0.4, -0.2) is 9.29 Å². The summed E-state index contributed by atoms with van der Waals surface area (Å²) in [6.07, 6.45) is 10.00. The third-order valence-corrected chi connectivity index (χ3v) is 4.84. The average molecular weight is 331 g/mol. The third-order valence-electron chi connectivity index (χ3n) is 4.09. The Morgan fingerprint density at radius 3 is 2.96 bits per heavy atom. The van der Waals surface area contributed by atoms with Crippen LogP contribution in [0.5, 0.6) is 0 Å². The molecule has 2 aliphatic rings. The summed E-state index contributed by atoms with van der Waals surface area (Å²) in [6, 6.07) is 14.2. The lowest BCUT2D eigenvalue weighted by atomic mass is 10.1. The lowest BCUT2D eigenvalue weighted by Gasteiger charge is -2.16. The van der Waals surface area contributed by atoms with Crippen LogP contribution in [-0.2, 0) is 0 Å². The smallest absolute Gasteiger partial charge is 0.161 e. The molecule has 0 saturated carbocycles. The molecule has 0 amide bonds. The number of furan rings is 1. The van der Waals surface area contributed by atoms with Gasteiger partial charge in [-0.25, -0.2) is 0 Å². The largest absolute Gasteiger partial charge is 0.454 e. The van der Waals surface area contributed by atoms with Gasteiger partial charge in [-0.2, -0.15) is 0 Å². The summed E-state index contributed by atoms with van der Waals surface area (Å²) in [5, 5.41) is 0. The molecular formula is C19H13N3OS. The molecule has 4 heterocycles. The molecule has 0 spiro atoms. The molecule has 2 aliphatic heterocycles. The Bertz CT molecular complexity index is 1020. The van der Waals surface area contributed by atoms with Crippen molar-refractivity contribution in [2.45, 2.75) is 0 Å². The van der Waals surface area contributed by atoms with Crippen LogP contribution in [0.2, 0.25) is 0 Å². The van der Waals surface area contributed by atoms with Gasteiger partial charge in [0, 0.05) is 35.8 Å². The van der Waals surface area contributed by atoms with Crippen molar-refractivity contribution in [3.8, 4) is 11.1 Å². The highest BCUT2D eigenvalue weighted by molar-refractivity contribution is 7.95. The van der Waals surface area contributed by atoms with E-state index in [1.807, 2.05) is 48.9 Å². The summed E-state index contributed by atoms with van der Waals surface area (Å²) in [5.74, 6) is 0.828. The molecule has 0 saturated heterocycles. The van der Waals surface area contributed by atoms with Crippen LogP contribution in [0.4, 0.5) is 0 Å². The SMILES string of the molecule is C1=CN2SNC=C2C=C1c1cc2nccc(-c3ccccc3)c2o1. The molecule has 0 fully saturated rings. The van der Waals surface area contributed by atoms with Crippen molar-refractivity contribution in [1.82, 2.24) is 14.0 Å². The van der Waals surface area contributed by atoms with Crippen LogP contribution in [0.25, 0.3) is 27.8 Å². The average Bonchev–Trinajstić information content (AvgIpc) is 3.28. The number of aromatic nitrogens is 1. The van der Waals surface area contributed by atoms with Gasteiger partial charge in [0.1, 0.15) is 11.3 Å². The molecule has 0 radical (unpaired) electrons. The molecule has 0 bridgehead atoms. The minimum absolute atomic E-state index is 0.823. The van der Waals surface area contributed by atoms with Gasteiger partial charge in [-0.3, -0.25) is 9.29 Å². The zero-order valence-corrected chi connectivity index (χ0v) is 13.5. The molecular weight excluding hydrogens is 318 g/mol. The second-order valence-corrected chi connectivity index (χ2v) is 6.38. The fourth-order valence-corrected chi connectivity index (χ4v) is 3.54. The van der Waals surface area contributed by atoms with E-state index >= 15 is 0 Å². The number of nitrogens with zero attached hydrogens (tertiary/aromatic N) is 2. The summed E-state index contributed by atoms with van der Waals surface area (Å²) in [7, 11) is 0. The quantitative estimate of drug-likeness (QED) is 0.688. The lowest BCUT2D eigenvalue weighted by Crippen LogP contribution is -2.05. The Kier molecular flexibility index (Phi) is 2.99. The molecule has 5 heteroatoms. The Labute approximate surface area is 143 Å². The minimum Gasteiger partial charge on any atom is -0.454 e. The topological polar surface area (TPSA) is 41.3 Å². The first kappa shape index (κ1) is 13.5. The summed E-state index contributed by atoms with van der Waals surface area (Å²) in [5.41, 5.74) is 6.03. The molecule has 1 aromatic carbocycles. The molecule has 5 rings (SSSR count). The van der Waals surface area contributed by atoms with Gasteiger partial charge in [-0.05, 0) is 23.8 Å². The maximum atomic E-state index is 6.19. The van der Waals surface area contributed by atoms with Crippen LogP contribution < -0.4 is 4.72 Å². The molecule has 0 aliphatic carbocycles. The van der Waals surface area contributed by atoms with E-state index in [1.165, 1.54) is 0 Å². The molecule has 24 heavy (non-hydrogen) atoms. The second-order valence-electron chi connectivity index (χ2n) is 5.57. The van der Waals surface area contributed by atoms with Crippen molar-refractivity contribution in [1.29, 1.82) is 0 Å². The predicted octanol–water partition coefficient (Wildman–Crippen LogP) is 4.72. The zero-order chi connectivity index (χ0) is 15.9. The van der Waals surface area contributed by atoms with Crippen molar-refractivity contribution >= 4 is 28.8 Å². The predicted molar refractivity (Wildman–Crippen MR) is 97.2 cm³/mol. The molecule has 0 unspecified atom stereocenters. The maximum absolute atomic E-state index is 6.19. The number of fused-ring (bicyclic) bond motifs is 2. The summed E-state index contributed by atoms with van der Waals surface area (Å²) in [6.45, 7) is 0. The van der Waals surface area contributed by atoms with Gasteiger partial charge >= 0.3 is 0 Å². The number of nitrogens with one attached hydrogen (secondary N) is 1. The van der Waals surface area contributed by atoms with E-state index in [1.54, 1.807) is 12.1 Å². The number of hydrogen-bond acceptors (Lipinski definition) is 5. The van der Waals surface area contributed by atoms with Gasteiger partial charge in [-0.15, -0.1) is 0 Å². The van der Waals surface area contributed by atoms with Crippen LogP contribution in [0.3, 0.4) is 0 Å². The van der Waals surface area contributed by atoms with Crippen molar-refractivity contribution in [3.63, 3.8) is 0 Å². The lowest BCUT2D eigenvalue weighted by molar-refractivity contribution is 0.600. The first-order valence-electron chi connectivity index (χ1n) is 7.65. The van der Waals surface area contributed by atoms with E-state index in [9.17, 15) is 0 Å². The minimum atomic E-state index is 0.823. The van der Waals surface area contributed by atoms with Gasteiger partial charge in [0.2, 0.25) is 0 Å². The van der Waals surface area contributed by atoms with Gasteiger partial charge in [-0.1, -0.05) is 30.3 Å². The van der Waals surface area contributed by atoms with E-state index < -0.39 is 0 Å². The highest BCUT2D eigenvalue weighted by Crippen LogP contribution is 2.35. The van der Waals surface area contributed by atoms with Crippen molar-refractivity contribution in [2.75, 3.05) is 0 Å². The van der Waals surface area contributed by atoms with E-state index in [-0.39, 0.29) is 0 Å². The zero-order valence-electron chi connectivity index (χ0n) is 12.6. The highest BCUT2D eigenvalue weighted by Gasteiger charge is 2.19. The first-order chi connectivity index (χ1) is 11.9. The van der Waals surface area contributed by atoms with Crippen molar-refractivity contribution in [2.24, 2.45) is 0 Å². The number of pyridine rings is 1. The Hall–Kier alpha value is -2.92. The van der Waals surface area contributed by atoms with Crippen molar-refractivity contribution in [3.05, 3.63) is 84.7 Å². The molecule has 116 valence electrons. The fraction of sp³-hybridized carbons (Fsp3) is 0. The molecule has 2 aromatic heterocycles.